The number of hydrogen-bond acceptors (Lipinski definition) is 4. The van der Waals surface area contributed by atoms with Crippen molar-refractivity contribution >= 4 is 11.6 Å². The summed E-state index contributed by atoms with van der Waals surface area (Å²) in [6.07, 6.45) is 0.544. The van der Waals surface area contributed by atoms with E-state index in [4.69, 9.17) is 4.74 Å². The number of pyridine rings is 1. The molecule has 2 aromatic carbocycles. The summed E-state index contributed by atoms with van der Waals surface area (Å²) in [5, 5.41) is 0. The number of carbonyl (C=O) groups is 1. The lowest BCUT2D eigenvalue weighted by atomic mass is 10.1. The summed E-state index contributed by atoms with van der Waals surface area (Å²) < 4.78 is 21.7. The highest BCUT2D eigenvalue weighted by atomic mass is 19.1. The predicted octanol–water partition coefficient (Wildman–Crippen LogP) is 3.88. The third-order valence-electron chi connectivity index (χ3n) is 6.46. The smallest absolute Gasteiger partial charge is 0.259 e. The van der Waals surface area contributed by atoms with E-state index in [1.807, 2.05) is 47.6 Å². The number of halogens is 1. The van der Waals surface area contributed by atoms with E-state index >= 15 is 0 Å². The zero-order valence-electron chi connectivity index (χ0n) is 19.9. The summed E-state index contributed by atoms with van der Waals surface area (Å²) in [7, 11) is 1.63. The van der Waals surface area contributed by atoms with Crippen LogP contribution in [0.15, 0.2) is 59.4 Å². The van der Waals surface area contributed by atoms with Gasteiger partial charge in [0.15, 0.2) is 5.43 Å². The van der Waals surface area contributed by atoms with Crippen molar-refractivity contribution in [2.24, 2.45) is 0 Å². The Kier molecular flexibility index (Phi) is 7.01. The zero-order valence-corrected chi connectivity index (χ0v) is 19.9. The van der Waals surface area contributed by atoms with Gasteiger partial charge < -0.3 is 19.1 Å². The Morgan fingerprint density at radius 3 is 2.38 bits per heavy atom. The van der Waals surface area contributed by atoms with Gasteiger partial charge >= 0.3 is 0 Å². The highest BCUT2D eigenvalue weighted by molar-refractivity contribution is 5.95. The molecule has 178 valence electrons. The van der Waals surface area contributed by atoms with Crippen LogP contribution < -0.4 is 15.1 Å². The first-order valence-electron chi connectivity index (χ1n) is 11.6. The fourth-order valence-electron chi connectivity index (χ4n) is 4.67. The summed E-state index contributed by atoms with van der Waals surface area (Å²) in [5.74, 6) is 0.233. The second kappa shape index (κ2) is 10.1. The lowest BCUT2D eigenvalue weighted by molar-refractivity contribution is 0.0743. The molecular weight excluding hydrogens is 433 g/mol. The van der Waals surface area contributed by atoms with E-state index in [-0.39, 0.29) is 22.7 Å². The zero-order chi connectivity index (χ0) is 24.2. The topological polar surface area (TPSA) is 54.8 Å². The molecular formula is C27H30FN3O3. The molecule has 0 N–H and O–H groups in total. The molecule has 1 saturated heterocycles. The monoisotopic (exact) mass is 463 g/mol. The van der Waals surface area contributed by atoms with Crippen LogP contribution in [0.25, 0.3) is 0 Å². The maximum atomic E-state index is 14.2. The normalized spacial score (nSPS) is 13.8. The van der Waals surface area contributed by atoms with Gasteiger partial charge in [-0.2, -0.15) is 0 Å². The van der Waals surface area contributed by atoms with E-state index in [0.29, 0.717) is 44.8 Å². The number of rotatable bonds is 6. The number of carbonyl (C=O) groups excluding carboxylic acids is 1. The molecule has 1 aliphatic heterocycles. The van der Waals surface area contributed by atoms with Crippen LogP contribution in [-0.4, -0.2) is 48.7 Å². The molecule has 0 saturated carbocycles. The number of aromatic nitrogens is 1. The van der Waals surface area contributed by atoms with E-state index in [2.05, 4.69) is 0 Å². The Bertz CT molecular complexity index is 1250. The van der Waals surface area contributed by atoms with Gasteiger partial charge in [0.25, 0.3) is 5.91 Å². The first kappa shape index (κ1) is 23.5. The van der Waals surface area contributed by atoms with E-state index in [9.17, 15) is 14.0 Å². The highest BCUT2D eigenvalue weighted by Gasteiger charge is 2.28. The van der Waals surface area contributed by atoms with Gasteiger partial charge in [0.2, 0.25) is 0 Å². The minimum absolute atomic E-state index is 0.224. The van der Waals surface area contributed by atoms with Crippen LogP contribution in [0.4, 0.5) is 10.1 Å². The number of amides is 1. The SMILES string of the molecule is CCc1c(C(=O)N2CCN(c3ccccc3F)CC2)c(=O)cc(C)n1Cc1ccccc1OC. The average molecular weight is 464 g/mol. The lowest BCUT2D eigenvalue weighted by Gasteiger charge is -2.36. The quantitative estimate of drug-likeness (QED) is 0.557. The number of methoxy groups -OCH3 is 1. The van der Waals surface area contributed by atoms with Gasteiger partial charge in [-0.1, -0.05) is 37.3 Å². The summed E-state index contributed by atoms with van der Waals surface area (Å²) >= 11 is 0. The van der Waals surface area contributed by atoms with E-state index in [1.54, 1.807) is 30.2 Å². The number of nitrogens with zero attached hydrogens (tertiary/aromatic N) is 3. The second-order valence-electron chi connectivity index (χ2n) is 8.45. The van der Waals surface area contributed by atoms with Crippen LogP contribution in [-0.2, 0) is 13.0 Å². The van der Waals surface area contributed by atoms with Crippen LogP contribution in [0.5, 0.6) is 5.75 Å². The van der Waals surface area contributed by atoms with Gasteiger partial charge in [0.1, 0.15) is 17.1 Å². The summed E-state index contributed by atoms with van der Waals surface area (Å²) in [6.45, 7) is 6.22. The molecule has 1 fully saturated rings. The molecule has 0 bridgehead atoms. The van der Waals surface area contributed by atoms with Crippen molar-refractivity contribution in [3.63, 3.8) is 0 Å². The molecule has 0 atom stereocenters. The Hall–Kier alpha value is -3.61. The molecule has 0 spiro atoms. The number of benzene rings is 2. The van der Waals surface area contributed by atoms with Crippen molar-refractivity contribution in [3.8, 4) is 5.75 Å². The van der Waals surface area contributed by atoms with Crippen molar-refractivity contribution in [1.82, 2.24) is 9.47 Å². The largest absolute Gasteiger partial charge is 0.496 e. The minimum atomic E-state index is -0.270. The Balaban J connectivity index is 1.61. The first-order chi connectivity index (χ1) is 16.4. The van der Waals surface area contributed by atoms with Crippen LogP contribution in [0.2, 0.25) is 0 Å². The van der Waals surface area contributed by atoms with Gasteiger partial charge in [-0.15, -0.1) is 0 Å². The fraction of sp³-hybridized carbons (Fsp3) is 0.333. The molecule has 4 rings (SSSR count). The summed E-state index contributed by atoms with van der Waals surface area (Å²) in [6, 6.07) is 15.9. The number of anilines is 1. The number of para-hydroxylation sites is 2. The molecule has 0 aliphatic carbocycles. The van der Waals surface area contributed by atoms with Crippen molar-refractivity contribution in [1.29, 1.82) is 0 Å². The van der Waals surface area contributed by atoms with Crippen LogP contribution in [0.1, 0.15) is 34.2 Å². The predicted molar refractivity (Wildman–Crippen MR) is 131 cm³/mol. The molecule has 0 unspecified atom stereocenters. The van der Waals surface area contributed by atoms with Crippen LogP contribution >= 0.6 is 0 Å². The Morgan fingerprint density at radius 1 is 1.03 bits per heavy atom. The maximum absolute atomic E-state index is 14.2. The Morgan fingerprint density at radius 2 is 1.71 bits per heavy atom. The fourth-order valence-corrected chi connectivity index (χ4v) is 4.67. The molecule has 34 heavy (non-hydrogen) atoms. The molecule has 1 amide bonds. The van der Waals surface area contributed by atoms with E-state index in [1.165, 1.54) is 12.1 Å². The standard InChI is InChI=1S/C27H30FN3O3/c1-4-22-26(24(32)17-19(2)31(22)18-20-9-5-8-12-25(20)34-3)27(33)30-15-13-29(14-16-30)23-11-7-6-10-21(23)28/h5-12,17H,4,13-16,18H2,1-3H3. The average Bonchev–Trinajstić information content (AvgIpc) is 2.85. The summed E-state index contributed by atoms with van der Waals surface area (Å²) in [4.78, 5) is 30.2. The third-order valence-corrected chi connectivity index (χ3v) is 6.46. The number of ether oxygens (including phenoxy) is 1. The number of hydrogen-bond donors (Lipinski definition) is 0. The van der Waals surface area contributed by atoms with Gasteiger partial charge in [-0.05, 0) is 31.5 Å². The molecule has 1 aromatic heterocycles. The molecule has 7 heteroatoms. The number of piperazine rings is 1. The van der Waals surface area contributed by atoms with Crippen LogP contribution in [0.3, 0.4) is 0 Å². The van der Waals surface area contributed by atoms with Crippen molar-refractivity contribution in [3.05, 3.63) is 93.2 Å². The third kappa shape index (κ3) is 4.55. The van der Waals surface area contributed by atoms with Crippen LogP contribution in [0, 0.1) is 12.7 Å². The van der Waals surface area contributed by atoms with Crippen molar-refractivity contribution < 1.29 is 13.9 Å². The van der Waals surface area contributed by atoms with Gasteiger partial charge in [0, 0.05) is 49.2 Å². The lowest BCUT2D eigenvalue weighted by Crippen LogP contribution is -2.50. The molecule has 2 heterocycles. The molecule has 3 aromatic rings. The second-order valence-corrected chi connectivity index (χ2v) is 8.45. The van der Waals surface area contributed by atoms with E-state index < -0.39 is 0 Å². The molecule has 6 nitrogen and oxygen atoms in total. The summed E-state index contributed by atoms with van der Waals surface area (Å²) in [5.41, 5.74) is 3.00. The van der Waals surface area contributed by atoms with Crippen molar-refractivity contribution in [2.45, 2.75) is 26.8 Å². The number of aryl methyl sites for hydroxylation is 1. The van der Waals surface area contributed by atoms with Gasteiger partial charge in [-0.25, -0.2) is 4.39 Å². The molecule has 0 radical (unpaired) electrons. The van der Waals surface area contributed by atoms with Gasteiger partial charge in [0.05, 0.1) is 19.3 Å². The first-order valence-corrected chi connectivity index (χ1v) is 11.6. The minimum Gasteiger partial charge on any atom is -0.496 e. The highest BCUT2D eigenvalue weighted by Crippen LogP contribution is 2.23. The Labute approximate surface area is 199 Å². The maximum Gasteiger partial charge on any atom is 0.259 e. The van der Waals surface area contributed by atoms with Crippen molar-refractivity contribution in [2.75, 3.05) is 38.2 Å². The molecule has 1 aliphatic rings. The van der Waals surface area contributed by atoms with E-state index in [0.717, 1.165) is 22.7 Å². The van der Waals surface area contributed by atoms with Gasteiger partial charge in [-0.3, -0.25) is 9.59 Å².